The predicted molar refractivity (Wildman–Crippen MR) is 93.5 cm³/mol. The van der Waals surface area contributed by atoms with Gasteiger partial charge in [-0.3, -0.25) is 14.8 Å². The number of aromatic nitrogens is 5. The molecule has 1 N–H and O–H groups in total. The van der Waals surface area contributed by atoms with Gasteiger partial charge in [-0.05, 0) is 28.4 Å². The highest BCUT2D eigenvalue weighted by Crippen LogP contribution is 2.08. The largest absolute Gasteiger partial charge is 0.293 e. The van der Waals surface area contributed by atoms with E-state index in [-0.39, 0.29) is 5.91 Å². The summed E-state index contributed by atoms with van der Waals surface area (Å²) >= 11 is 3.32. The number of nitrogens with one attached hydrogen (secondary N) is 1. The van der Waals surface area contributed by atoms with Crippen LogP contribution in [0.25, 0.3) is 0 Å². The minimum Gasteiger partial charge on any atom is -0.293 e. The molecular formula is C16H17BrN6O. The molecule has 3 rings (SSSR count). The molecule has 24 heavy (non-hydrogen) atoms. The summed E-state index contributed by atoms with van der Waals surface area (Å²) in [6.07, 6.45) is 5.43. The standard InChI is InChI=1S/C16H17BrN6O/c1-12-3-2-4-13(7-12)9-23-11-18-16(21-23)20-15(24)5-6-22-10-14(17)8-19-22/h2-4,7-8,10-11H,5-6,9H2,1H3,(H,20,21,24). The molecule has 0 aliphatic rings. The van der Waals surface area contributed by atoms with Crippen LogP contribution in [0.2, 0.25) is 0 Å². The van der Waals surface area contributed by atoms with Crippen molar-refractivity contribution in [2.75, 3.05) is 5.32 Å². The van der Waals surface area contributed by atoms with Crippen molar-refractivity contribution < 1.29 is 4.79 Å². The highest BCUT2D eigenvalue weighted by molar-refractivity contribution is 9.10. The van der Waals surface area contributed by atoms with Crippen molar-refractivity contribution in [1.82, 2.24) is 24.5 Å². The van der Waals surface area contributed by atoms with Crippen LogP contribution in [-0.4, -0.2) is 30.5 Å². The predicted octanol–water partition coefficient (Wildman–Crippen LogP) is 2.62. The van der Waals surface area contributed by atoms with Crippen LogP contribution >= 0.6 is 15.9 Å². The topological polar surface area (TPSA) is 77.6 Å². The zero-order valence-electron chi connectivity index (χ0n) is 13.2. The Bertz CT molecular complexity index is 840. The van der Waals surface area contributed by atoms with Crippen molar-refractivity contribution in [1.29, 1.82) is 0 Å². The molecule has 2 aromatic heterocycles. The Balaban J connectivity index is 1.52. The first-order valence-electron chi connectivity index (χ1n) is 7.51. The van der Waals surface area contributed by atoms with Gasteiger partial charge in [-0.25, -0.2) is 9.67 Å². The van der Waals surface area contributed by atoms with E-state index in [0.29, 0.717) is 25.5 Å². The maximum atomic E-state index is 12.0. The van der Waals surface area contributed by atoms with E-state index in [2.05, 4.69) is 55.5 Å². The van der Waals surface area contributed by atoms with Gasteiger partial charge in [0.15, 0.2) is 0 Å². The van der Waals surface area contributed by atoms with Crippen LogP contribution in [0.3, 0.4) is 0 Å². The lowest BCUT2D eigenvalue weighted by atomic mass is 10.1. The lowest BCUT2D eigenvalue weighted by molar-refractivity contribution is -0.116. The highest BCUT2D eigenvalue weighted by Gasteiger charge is 2.08. The van der Waals surface area contributed by atoms with Crippen molar-refractivity contribution in [2.24, 2.45) is 0 Å². The summed E-state index contributed by atoms with van der Waals surface area (Å²) in [5, 5.41) is 11.1. The number of hydrogen-bond donors (Lipinski definition) is 1. The van der Waals surface area contributed by atoms with Gasteiger partial charge in [0, 0.05) is 19.2 Å². The first-order chi connectivity index (χ1) is 11.6. The number of amides is 1. The first-order valence-corrected chi connectivity index (χ1v) is 8.30. The number of aryl methyl sites for hydroxylation is 2. The van der Waals surface area contributed by atoms with Crippen LogP contribution in [0.15, 0.2) is 47.5 Å². The molecule has 1 aromatic carbocycles. The van der Waals surface area contributed by atoms with Gasteiger partial charge < -0.3 is 0 Å². The van der Waals surface area contributed by atoms with E-state index in [1.807, 2.05) is 18.3 Å². The molecule has 0 radical (unpaired) electrons. The van der Waals surface area contributed by atoms with Crippen LogP contribution < -0.4 is 5.32 Å². The molecule has 0 unspecified atom stereocenters. The maximum Gasteiger partial charge on any atom is 0.248 e. The minimum absolute atomic E-state index is 0.144. The molecule has 8 heteroatoms. The van der Waals surface area contributed by atoms with Crippen LogP contribution in [0.5, 0.6) is 0 Å². The zero-order valence-corrected chi connectivity index (χ0v) is 14.8. The van der Waals surface area contributed by atoms with Gasteiger partial charge in [-0.2, -0.15) is 5.10 Å². The third-order valence-electron chi connectivity index (χ3n) is 3.38. The lowest BCUT2D eigenvalue weighted by Crippen LogP contribution is -2.16. The number of rotatable bonds is 6. The molecule has 0 aliphatic heterocycles. The third-order valence-corrected chi connectivity index (χ3v) is 3.79. The van der Waals surface area contributed by atoms with E-state index in [9.17, 15) is 4.79 Å². The number of halogens is 1. The van der Waals surface area contributed by atoms with Crippen LogP contribution in [0.1, 0.15) is 17.5 Å². The molecule has 0 bridgehead atoms. The second kappa shape index (κ2) is 7.39. The molecule has 0 spiro atoms. The zero-order chi connectivity index (χ0) is 16.9. The average molecular weight is 389 g/mol. The summed E-state index contributed by atoms with van der Waals surface area (Å²) in [6, 6.07) is 8.20. The molecule has 124 valence electrons. The van der Waals surface area contributed by atoms with E-state index >= 15 is 0 Å². The lowest BCUT2D eigenvalue weighted by Gasteiger charge is -2.03. The Morgan fingerprint density at radius 3 is 2.96 bits per heavy atom. The normalized spacial score (nSPS) is 10.8. The van der Waals surface area contributed by atoms with E-state index in [0.717, 1.165) is 10.0 Å². The molecule has 0 fully saturated rings. The Morgan fingerprint density at radius 2 is 2.21 bits per heavy atom. The van der Waals surface area contributed by atoms with Gasteiger partial charge >= 0.3 is 0 Å². The summed E-state index contributed by atoms with van der Waals surface area (Å²) in [7, 11) is 0. The Labute approximate surface area is 147 Å². The van der Waals surface area contributed by atoms with Crippen molar-refractivity contribution in [2.45, 2.75) is 26.4 Å². The van der Waals surface area contributed by atoms with E-state index in [1.54, 1.807) is 21.9 Å². The van der Waals surface area contributed by atoms with Gasteiger partial charge in [0.25, 0.3) is 0 Å². The molecular weight excluding hydrogens is 372 g/mol. The molecule has 0 atom stereocenters. The van der Waals surface area contributed by atoms with Crippen LogP contribution in [0, 0.1) is 6.92 Å². The van der Waals surface area contributed by atoms with Gasteiger partial charge in [0.1, 0.15) is 6.33 Å². The quantitative estimate of drug-likeness (QED) is 0.703. The molecule has 0 aliphatic carbocycles. The van der Waals surface area contributed by atoms with Crippen molar-refractivity contribution in [3.63, 3.8) is 0 Å². The number of nitrogens with zero attached hydrogens (tertiary/aromatic N) is 5. The first kappa shape index (κ1) is 16.4. The van der Waals surface area contributed by atoms with Gasteiger partial charge in [-0.15, -0.1) is 5.10 Å². The van der Waals surface area contributed by atoms with E-state index in [4.69, 9.17) is 0 Å². The summed E-state index contributed by atoms with van der Waals surface area (Å²) in [4.78, 5) is 16.1. The van der Waals surface area contributed by atoms with Crippen LogP contribution in [0.4, 0.5) is 5.95 Å². The fourth-order valence-electron chi connectivity index (χ4n) is 2.29. The smallest absolute Gasteiger partial charge is 0.248 e. The summed E-state index contributed by atoms with van der Waals surface area (Å²) in [5.41, 5.74) is 2.34. The van der Waals surface area contributed by atoms with Crippen LogP contribution in [-0.2, 0) is 17.9 Å². The Morgan fingerprint density at radius 1 is 1.33 bits per heavy atom. The monoisotopic (exact) mass is 388 g/mol. The van der Waals surface area contributed by atoms with Crippen molar-refractivity contribution in [3.8, 4) is 0 Å². The summed E-state index contributed by atoms with van der Waals surface area (Å²) < 4.78 is 4.29. The average Bonchev–Trinajstić information content (AvgIpc) is 3.14. The fourth-order valence-corrected chi connectivity index (χ4v) is 2.62. The SMILES string of the molecule is Cc1cccc(Cn2cnc(NC(=O)CCn3cc(Br)cn3)n2)c1. The number of carbonyl (C=O) groups is 1. The second-order valence-electron chi connectivity index (χ2n) is 5.47. The Kier molecular flexibility index (Phi) is 5.05. The third kappa shape index (κ3) is 4.51. The second-order valence-corrected chi connectivity index (χ2v) is 6.39. The van der Waals surface area contributed by atoms with E-state index in [1.165, 1.54) is 5.56 Å². The van der Waals surface area contributed by atoms with E-state index < -0.39 is 0 Å². The molecule has 0 saturated heterocycles. The minimum atomic E-state index is -0.144. The Hall–Kier alpha value is -2.48. The molecule has 3 aromatic rings. The number of carbonyl (C=O) groups excluding carboxylic acids is 1. The maximum absolute atomic E-state index is 12.0. The molecule has 0 saturated carbocycles. The number of anilines is 1. The summed E-state index contributed by atoms with van der Waals surface area (Å²) in [6.45, 7) is 3.17. The van der Waals surface area contributed by atoms with Gasteiger partial charge in [0.05, 0.1) is 17.2 Å². The summed E-state index contributed by atoms with van der Waals surface area (Å²) in [5.74, 6) is 0.171. The van der Waals surface area contributed by atoms with Gasteiger partial charge in [-0.1, -0.05) is 29.8 Å². The number of benzene rings is 1. The fraction of sp³-hybridized carbons (Fsp3) is 0.250. The molecule has 7 nitrogen and oxygen atoms in total. The highest BCUT2D eigenvalue weighted by atomic mass is 79.9. The van der Waals surface area contributed by atoms with Crippen molar-refractivity contribution in [3.05, 3.63) is 58.6 Å². The molecule has 1 amide bonds. The van der Waals surface area contributed by atoms with Crippen molar-refractivity contribution >= 4 is 27.8 Å². The van der Waals surface area contributed by atoms with Gasteiger partial charge in [0.2, 0.25) is 11.9 Å². The number of hydrogen-bond acceptors (Lipinski definition) is 4. The molecule has 2 heterocycles.